The summed E-state index contributed by atoms with van der Waals surface area (Å²) in [6, 6.07) is 15.7. The third kappa shape index (κ3) is 2.15. The summed E-state index contributed by atoms with van der Waals surface area (Å²) >= 11 is 0. The van der Waals surface area contributed by atoms with Gasteiger partial charge in [0.05, 0.1) is 22.0 Å². The van der Waals surface area contributed by atoms with Crippen LogP contribution in [0.25, 0.3) is 38.5 Å². The number of pyridine rings is 2. The Hall–Kier alpha value is -3.78. The summed E-state index contributed by atoms with van der Waals surface area (Å²) in [5.41, 5.74) is 5.45. The van der Waals surface area contributed by atoms with Gasteiger partial charge in [0, 0.05) is 10.8 Å². The Morgan fingerprint density at radius 2 is 1.68 bits per heavy atom. The second-order valence-corrected chi connectivity index (χ2v) is 7.27. The molecular formula is C23H16N4O. The van der Waals surface area contributed by atoms with Crippen molar-refractivity contribution in [1.29, 1.82) is 5.26 Å². The van der Waals surface area contributed by atoms with E-state index in [0.717, 1.165) is 33.0 Å². The zero-order valence-corrected chi connectivity index (χ0v) is 15.7. The van der Waals surface area contributed by atoms with Crippen LogP contribution >= 0.6 is 0 Å². The van der Waals surface area contributed by atoms with Gasteiger partial charge < -0.3 is 0 Å². The minimum atomic E-state index is -0.200. The fourth-order valence-corrected chi connectivity index (χ4v) is 3.96. The van der Waals surface area contributed by atoms with Crippen LogP contribution in [-0.2, 0) is 0 Å². The minimum absolute atomic E-state index is 0.200. The predicted octanol–water partition coefficient (Wildman–Crippen LogP) is 4.35. The van der Waals surface area contributed by atoms with Crippen LogP contribution in [0.2, 0.25) is 0 Å². The van der Waals surface area contributed by atoms with Crippen molar-refractivity contribution in [2.45, 2.75) is 20.8 Å². The third-order valence-corrected chi connectivity index (χ3v) is 5.24. The lowest BCUT2D eigenvalue weighted by Crippen LogP contribution is -2.18. The van der Waals surface area contributed by atoms with Crippen LogP contribution in [0.5, 0.6) is 0 Å². The van der Waals surface area contributed by atoms with Crippen LogP contribution in [0.15, 0.2) is 47.3 Å². The molecule has 3 aromatic heterocycles. The highest BCUT2D eigenvalue weighted by molar-refractivity contribution is 5.95. The van der Waals surface area contributed by atoms with Gasteiger partial charge in [-0.3, -0.25) is 4.79 Å². The van der Waals surface area contributed by atoms with Crippen molar-refractivity contribution in [2.24, 2.45) is 0 Å². The normalized spacial score (nSPS) is 11.5. The van der Waals surface area contributed by atoms with Gasteiger partial charge in [-0.05, 0) is 55.7 Å². The number of benzene rings is 2. The molecule has 134 valence electrons. The van der Waals surface area contributed by atoms with Crippen LogP contribution in [-0.4, -0.2) is 14.4 Å². The molecule has 2 aromatic carbocycles. The van der Waals surface area contributed by atoms with Crippen molar-refractivity contribution in [2.75, 3.05) is 0 Å². The summed E-state index contributed by atoms with van der Waals surface area (Å²) in [5, 5.41) is 12.0. The fraction of sp³-hybridized carbons (Fsp3) is 0.130. The number of hydrogen-bond acceptors (Lipinski definition) is 4. The van der Waals surface area contributed by atoms with E-state index >= 15 is 0 Å². The second-order valence-electron chi connectivity index (χ2n) is 7.27. The Bertz CT molecular complexity index is 1570. The molecule has 5 nitrogen and oxygen atoms in total. The Morgan fingerprint density at radius 1 is 0.893 bits per heavy atom. The van der Waals surface area contributed by atoms with Gasteiger partial charge in [-0.15, -0.1) is 0 Å². The standard InChI is InChI=1S/C23H16N4O/c1-12-7-14(3)20-18(8-12)23(28)27-21-16(10-17(11-24)22(27)26-20)9-15-6-4-5-13(2)19(15)25-21/h4-10H,1-3H3. The van der Waals surface area contributed by atoms with E-state index in [1.54, 1.807) is 6.07 Å². The van der Waals surface area contributed by atoms with Gasteiger partial charge in [0.1, 0.15) is 11.7 Å². The smallest absolute Gasteiger partial charge is 0.267 e. The number of aromatic nitrogens is 3. The molecule has 0 aliphatic carbocycles. The monoisotopic (exact) mass is 364 g/mol. The minimum Gasteiger partial charge on any atom is -0.268 e. The first-order valence-electron chi connectivity index (χ1n) is 9.05. The predicted molar refractivity (Wildman–Crippen MR) is 111 cm³/mol. The van der Waals surface area contributed by atoms with Gasteiger partial charge in [-0.25, -0.2) is 14.4 Å². The Morgan fingerprint density at radius 3 is 2.46 bits per heavy atom. The summed E-state index contributed by atoms with van der Waals surface area (Å²) in [6.45, 7) is 5.89. The van der Waals surface area contributed by atoms with Crippen LogP contribution in [0.1, 0.15) is 22.3 Å². The number of aryl methyl sites for hydroxylation is 3. The van der Waals surface area contributed by atoms with E-state index in [4.69, 9.17) is 9.97 Å². The first kappa shape index (κ1) is 16.4. The van der Waals surface area contributed by atoms with Crippen LogP contribution in [0.4, 0.5) is 0 Å². The summed E-state index contributed by atoms with van der Waals surface area (Å²) in [6.07, 6.45) is 0. The summed E-state index contributed by atoms with van der Waals surface area (Å²) in [5.74, 6) is 0. The zero-order valence-electron chi connectivity index (χ0n) is 15.7. The van der Waals surface area contributed by atoms with Crippen molar-refractivity contribution in [1.82, 2.24) is 14.4 Å². The maximum Gasteiger partial charge on any atom is 0.267 e. The van der Waals surface area contributed by atoms with E-state index in [2.05, 4.69) is 6.07 Å². The Labute approximate surface area is 160 Å². The highest BCUT2D eigenvalue weighted by atomic mass is 16.1. The molecule has 3 heterocycles. The molecule has 5 heteroatoms. The van der Waals surface area contributed by atoms with Crippen molar-refractivity contribution in [3.05, 3.63) is 75.1 Å². The van der Waals surface area contributed by atoms with Crippen molar-refractivity contribution in [3.63, 3.8) is 0 Å². The molecule has 0 unspecified atom stereocenters. The number of nitrogens with zero attached hydrogens (tertiary/aromatic N) is 4. The Balaban J connectivity index is 2.12. The Kier molecular flexibility index (Phi) is 3.28. The van der Waals surface area contributed by atoms with E-state index in [1.807, 2.05) is 57.2 Å². The maximum atomic E-state index is 13.5. The number of para-hydroxylation sites is 1. The first-order valence-corrected chi connectivity index (χ1v) is 9.05. The van der Waals surface area contributed by atoms with Crippen molar-refractivity contribution >= 4 is 38.5 Å². The summed E-state index contributed by atoms with van der Waals surface area (Å²) < 4.78 is 1.49. The van der Waals surface area contributed by atoms with E-state index < -0.39 is 0 Å². The first-order chi connectivity index (χ1) is 13.5. The lowest BCUT2D eigenvalue weighted by Gasteiger charge is -2.11. The number of rotatable bonds is 0. The van der Waals surface area contributed by atoms with Crippen LogP contribution in [0, 0.1) is 32.1 Å². The van der Waals surface area contributed by atoms with E-state index in [-0.39, 0.29) is 5.56 Å². The van der Waals surface area contributed by atoms with Crippen LogP contribution in [0.3, 0.4) is 0 Å². The number of hydrogen-bond donors (Lipinski definition) is 0. The largest absolute Gasteiger partial charge is 0.268 e. The molecule has 0 amide bonds. The van der Waals surface area contributed by atoms with Gasteiger partial charge in [-0.1, -0.05) is 24.3 Å². The zero-order chi connectivity index (χ0) is 19.6. The lowest BCUT2D eigenvalue weighted by atomic mass is 10.1. The SMILES string of the molecule is Cc1cc(C)c2nc3c(C#N)cc4cc5cccc(C)c5nc4n3c(=O)c2c1. The number of fused-ring (bicyclic) bond motifs is 5. The highest BCUT2D eigenvalue weighted by Gasteiger charge is 2.16. The lowest BCUT2D eigenvalue weighted by molar-refractivity contribution is 1.09. The molecule has 0 bridgehead atoms. The maximum absolute atomic E-state index is 13.5. The average molecular weight is 364 g/mol. The van der Waals surface area contributed by atoms with Crippen molar-refractivity contribution < 1.29 is 0 Å². The van der Waals surface area contributed by atoms with Crippen molar-refractivity contribution in [3.8, 4) is 6.07 Å². The van der Waals surface area contributed by atoms with E-state index in [1.165, 1.54) is 4.40 Å². The fourth-order valence-electron chi connectivity index (χ4n) is 3.96. The molecule has 0 aliphatic rings. The average Bonchev–Trinajstić information content (AvgIpc) is 2.67. The highest BCUT2D eigenvalue weighted by Crippen LogP contribution is 2.25. The van der Waals surface area contributed by atoms with E-state index in [9.17, 15) is 10.1 Å². The quantitative estimate of drug-likeness (QED) is 0.303. The molecule has 0 atom stereocenters. The molecule has 0 saturated heterocycles. The molecule has 5 rings (SSSR count). The molecule has 0 N–H and O–H groups in total. The molecule has 28 heavy (non-hydrogen) atoms. The molecular weight excluding hydrogens is 348 g/mol. The molecule has 0 spiro atoms. The van der Waals surface area contributed by atoms with Gasteiger partial charge in [0.15, 0.2) is 5.65 Å². The molecule has 0 radical (unpaired) electrons. The molecule has 0 fully saturated rings. The van der Waals surface area contributed by atoms with E-state index in [0.29, 0.717) is 27.8 Å². The molecule has 5 aromatic rings. The molecule has 0 aliphatic heterocycles. The topological polar surface area (TPSA) is 71.1 Å². The van der Waals surface area contributed by atoms with Gasteiger partial charge in [0.2, 0.25) is 0 Å². The van der Waals surface area contributed by atoms with Gasteiger partial charge in [0.25, 0.3) is 5.56 Å². The third-order valence-electron chi connectivity index (χ3n) is 5.24. The van der Waals surface area contributed by atoms with Gasteiger partial charge >= 0.3 is 0 Å². The number of nitriles is 1. The second kappa shape index (κ2) is 5.61. The van der Waals surface area contributed by atoms with Crippen LogP contribution < -0.4 is 5.56 Å². The molecule has 0 saturated carbocycles. The summed E-state index contributed by atoms with van der Waals surface area (Å²) in [4.78, 5) is 23.0. The van der Waals surface area contributed by atoms with Gasteiger partial charge in [-0.2, -0.15) is 5.26 Å². The summed E-state index contributed by atoms with van der Waals surface area (Å²) in [7, 11) is 0.